The molecule has 36 heavy (non-hydrogen) atoms. The van der Waals surface area contributed by atoms with Gasteiger partial charge < -0.3 is 5.32 Å². The van der Waals surface area contributed by atoms with Gasteiger partial charge >= 0.3 is 0 Å². The van der Waals surface area contributed by atoms with Crippen molar-refractivity contribution in [3.05, 3.63) is 82.3 Å². The highest BCUT2D eigenvalue weighted by Gasteiger charge is 2.18. The minimum absolute atomic E-state index is 0.0200. The van der Waals surface area contributed by atoms with Crippen molar-refractivity contribution in [3.8, 4) is 0 Å². The molecule has 192 valence electrons. The number of anilines is 3. The molecule has 3 aromatic rings. The molecule has 0 saturated carbocycles. The van der Waals surface area contributed by atoms with Crippen LogP contribution in [0.5, 0.6) is 0 Å². The number of hydrogen-bond donors (Lipinski definition) is 2. The molecule has 1 amide bonds. The Labute approximate surface area is 221 Å². The lowest BCUT2D eigenvalue weighted by molar-refractivity contribution is -0.116. The summed E-state index contributed by atoms with van der Waals surface area (Å²) >= 11 is 11.9. The number of hydrogen-bond acceptors (Lipinski definition) is 5. The number of amides is 1. The third-order valence-corrected chi connectivity index (χ3v) is 8.48. The van der Waals surface area contributed by atoms with Crippen molar-refractivity contribution in [1.29, 1.82) is 0 Å². The van der Waals surface area contributed by atoms with E-state index in [4.69, 9.17) is 23.2 Å². The van der Waals surface area contributed by atoms with Gasteiger partial charge in [-0.05, 0) is 79.6 Å². The zero-order chi connectivity index (χ0) is 26.5. The fourth-order valence-electron chi connectivity index (χ4n) is 3.34. The molecular weight excluding hydrogens is 545 g/mol. The summed E-state index contributed by atoms with van der Waals surface area (Å²) in [4.78, 5) is 12.4. The van der Waals surface area contributed by atoms with Gasteiger partial charge in [-0.25, -0.2) is 16.8 Å². The predicted molar refractivity (Wildman–Crippen MR) is 145 cm³/mol. The van der Waals surface area contributed by atoms with Gasteiger partial charge in [-0.15, -0.1) is 0 Å². The summed E-state index contributed by atoms with van der Waals surface area (Å²) in [7, 11) is -7.40. The van der Waals surface area contributed by atoms with Gasteiger partial charge in [-0.2, -0.15) is 0 Å². The molecule has 0 aliphatic heterocycles. The molecule has 0 spiro atoms. The van der Waals surface area contributed by atoms with Crippen LogP contribution in [0.25, 0.3) is 0 Å². The number of benzene rings is 3. The minimum atomic E-state index is -3.86. The number of nitrogens with one attached hydrogen (secondary N) is 2. The van der Waals surface area contributed by atoms with Crippen LogP contribution in [0.4, 0.5) is 17.1 Å². The van der Waals surface area contributed by atoms with E-state index in [0.717, 1.165) is 6.26 Å². The number of sulfonamides is 2. The molecule has 0 unspecified atom stereocenters. The SMILES string of the molecule is Cc1c(Cl)cccc1NS(=O)(=O)c1ccc(NC(=O)CCCN(c2ccc(Cl)cc2)S(C)(=O)=O)cc1. The van der Waals surface area contributed by atoms with Crippen LogP contribution >= 0.6 is 23.2 Å². The van der Waals surface area contributed by atoms with Gasteiger partial charge in [0.2, 0.25) is 15.9 Å². The van der Waals surface area contributed by atoms with E-state index in [2.05, 4.69) is 10.0 Å². The average Bonchev–Trinajstić information content (AvgIpc) is 2.80. The van der Waals surface area contributed by atoms with Gasteiger partial charge in [0.15, 0.2) is 0 Å². The average molecular weight is 571 g/mol. The molecule has 12 heteroatoms. The van der Waals surface area contributed by atoms with Crippen molar-refractivity contribution in [2.45, 2.75) is 24.7 Å². The molecule has 0 radical (unpaired) electrons. The molecule has 0 heterocycles. The summed E-state index contributed by atoms with van der Waals surface area (Å²) in [6.07, 6.45) is 1.44. The highest BCUT2D eigenvalue weighted by Crippen LogP contribution is 2.26. The Kier molecular flexibility index (Phi) is 8.89. The molecule has 3 rings (SSSR count). The highest BCUT2D eigenvalue weighted by atomic mass is 35.5. The second kappa shape index (κ2) is 11.5. The summed E-state index contributed by atoms with van der Waals surface area (Å²) in [5, 5.41) is 3.62. The highest BCUT2D eigenvalue weighted by molar-refractivity contribution is 7.92. The zero-order valence-electron chi connectivity index (χ0n) is 19.5. The molecule has 0 fully saturated rings. The smallest absolute Gasteiger partial charge is 0.261 e. The first-order valence-electron chi connectivity index (χ1n) is 10.8. The topological polar surface area (TPSA) is 113 Å². The quantitative estimate of drug-likeness (QED) is 0.344. The maximum atomic E-state index is 12.7. The Morgan fingerprint density at radius 3 is 2.17 bits per heavy atom. The van der Waals surface area contributed by atoms with Gasteiger partial charge in [0, 0.05) is 28.7 Å². The van der Waals surface area contributed by atoms with Crippen LogP contribution < -0.4 is 14.3 Å². The van der Waals surface area contributed by atoms with Gasteiger partial charge in [0.05, 0.1) is 22.5 Å². The first kappa shape index (κ1) is 27.8. The van der Waals surface area contributed by atoms with E-state index in [9.17, 15) is 21.6 Å². The zero-order valence-corrected chi connectivity index (χ0v) is 22.7. The Bertz CT molecular complexity index is 1440. The lowest BCUT2D eigenvalue weighted by atomic mass is 10.2. The summed E-state index contributed by atoms with van der Waals surface area (Å²) in [6, 6.07) is 17.0. The van der Waals surface area contributed by atoms with Crippen LogP contribution in [0.1, 0.15) is 18.4 Å². The van der Waals surface area contributed by atoms with Crippen molar-refractivity contribution < 1.29 is 21.6 Å². The van der Waals surface area contributed by atoms with Crippen LogP contribution in [0.3, 0.4) is 0 Å². The Morgan fingerprint density at radius 2 is 1.56 bits per heavy atom. The summed E-state index contributed by atoms with van der Waals surface area (Å²) in [5.74, 6) is -0.331. The standard InChI is InChI=1S/C24H25Cl2N3O5S2/c1-17-22(26)5-3-6-23(17)28-36(33,34)21-14-10-19(11-15-21)27-24(30)7-4-16-29(35(2,31)32)20-12-8-18(25)9-13-20/h3,5-6,8-15,28H,4,7,16H2,1-2H3,(H,27,30). The Morgan fingerprint density at radius 1 is 0.917 bits per heavy atom. The van der Waals surface area contributed by atoms with Gasteiger partial charge in [-0.3, -0.25) is 13.8 Å². The summed E-state index contributed by atoms with van der Waals surface area (Å²) in [5.41, 5.74) is 1.86. The van der Waals surface area contributed by atoms with Gasteiger partial charge in [0.25, 0.3) is 10.0 Å². The second-order valence-electron chi connectivity index (χ2n) is 8.01. The van der Waals surface area contributed by atoms with E-state index < -0.39 is 20.0 Å². The number of carbonyl (C=O) groups excluding carboxylic acids is 1. The number of rotatable bonds is 10. The van der Waals surface area contributed by atoms with E-state index in [1.165, 1.54) is 28.6 Å². The second-order valence-corrected chi connectivity index (χ2v) is 12.4. The third kappa shape index (κ3) is 7.36. The molecule has 0 aliphatic rings. The van der Waals surface area contributed by atoms with Crippen molar-refractivity contribution in [2.24, 2.45) is 0 Å². The van der Waals surface area contributed by atoms with Crippen molar-refractivity contribution in [1.82, 2.24) is 0 Å². The molecule has 3 aromatic carbocycles. The first-order valence-corrected chi connectivity index (χ1v) is 14.9. The molecular formula is C24H25Cl2N3O5S2. The molecule has 0 aliphatic carbocycles. The Balaban J connectivity index is 1.58. The number of carbonyl (C=O) groups is 1. The first-order chi connectivity index (χ1) is 16.9. The largest absolute Gasteiger partial charge is 0.326 e. The molecule has 0 saturated heterocycles. The van der Waals surface area contributed by atoms with E-state index in [-0.39, 0.29) is 30.2 Å². The molecule has 0 bridgehead atoms. The van der Waals surface area contributed by atoms with Crippen LogP contribution in [0.15, 0.2) is 71.6 Å². The molecule has 0 atom stereocenters. The van der Waals surface area contributed by atoms with Crippen molar-refractivity contribution >= 4 is 66.2 Å². The van der Waals surface area contributed by atoms with Crippen molar-refractivity contribution in [3.63, 3.8) is 0 Å². The fourth-order valence-corrected chi connectivity index (χ4v) is 5.73. The molecule has 0 aromatic heterocycles. The molecule has 2 N–H and O–H groups in total. The lowest BCUT2D eigenvalue weighted by Gasteiger charge is -2.22. The molecule has 8 nitrogen and oxygen atoms in total. The van der Waals surface area contributed by atoms with Crippen LogP contribution in [-0.2, 0) is 24.8 Å². The Hall–Kier alpha value is -2.79. The van der Waals surface area contributed by atoms with E-state index in [0.29, 0.717) is 32.7 Å². The van der Waals surface area contributed by atoms with Gasteiger partial charge in [0.1, 0.15) is 0 Å². The lowest BCUT2D eigenvalue weighted by Crippen LogP contribution is -2.31. The van der Waals surface area contributed by atoms with Crippen LogP contribution in [-0.4, -0.2) is 35.5 Å². The number of nitrogens with zero attached hydrogens (tertiary/aromatic N) is 1. The maximum absolute atomic E-state index is 12.7. The van der Waals surface area contributed by atoms with Gasteiger partial charge in [-0.1, -0.05) is 29.3 Å². The minimum Gasteiger partial charge on any atom is -0.326 e. The summed E-state index contributed by atoms with van der Waals surface area (Å²) in [6.45, 7) is 1.82. The van der Waals surface area contributed by atoms with E-state index in [1.807, 2.05) is 0 Å². The van der Waals surface area contributed by atoms with Crippen LogP contribution in [0.2, 0.25) is 10.0 Å². The maximum Gasteiger partial charge on any atom is 0.261 e. The predicted octanol–water partition coefficient (Wildman–Crippen LogP) is 5.29. The van der Waals surface area contributed by atoms with Crippen LogP contribution in [0, 0.1) is 6.92 Å². The van der Waals surface area contributed by atoms with E-state index in [1.54, 1.807) is 49.4 Å². The normalized spacial score (nSPS) is 11.7. The fraction of sp³-hybridized carbons (Fsp3) is 0.208. The third-order valence-electron chi connectivity index (χ3n) is 5.24. The van der Waals surface area contributed by atoms with Crippen molar-refractivity contribution in [2.75, 3.05) is 27.1 Å². The van der Waals surface area contributed by atoms with E-state index >= 15 is 0 Å². The number of halogens is 2. The monoisotopic (exact) mass is 569 g/mol. The summed E-state index contributed by atoms with van der Waals surface area (Å²) < 4.78 is 53.5.